The molecule has 7 heteroatoms. The Morgan fingerprint density at radius 3 is 2.59 bits per heavy atom. The minimum atomic E-state index is -1.01. The number of nitrogens with zero attached hydrogens (tertiary/aromatic N) is 2. The molecular formula is C15H16FN3O3. The summed E-state index contributed by atoms with van der Waals surface area (Å²) >= 11 is 0. The molecule has 0 saturated carbocycles. The normalized spacial score (nSPS) is 10.5. The summed E-state index contributed by atoms with van der Waals surface area (Å²) in [6.45, 7) is 3.62. The lowest BCUT2D eigenvalue weighted by Gasteiger charge is -2.08. The van der Waals surface area contributed by atoms with Crippen LogP contribution in [0.1, 0.15) is 28.2 Å². The maximum absolute atomic E-state index is 14.2. The summed E-state index contributed by atoms with van der Waals surface area (Å²) in [4.78, 5) is 22.2. The largest absolute Gasteiger partial charge is 0.481 e. The molecule has 0 spiro atoms. The van der Waals surface area contributed by atoms with Gasteiger partial charge >= 0.3 is 5.97 Å². The average molecular weight is 305 g/mol. The highest BCUT2D eigenvalue weighted by atomic mass is 19.1. The topological polar surface area (TPSA) is 84.2 Å². The van der Waals surface area contributed by atoms with Crippen LogP contribution in [0.3, 0.4) is 0 Å². The molecule has 22 heavy (non-hydrogen) atoms. The zero-order valence-electron chi connectivity index (χ0n) is 12.3. The van der Waals surface area contributed by atoms with Crippen LogP contribution >= 0.6 is 0 Å². The van der Waals surface area contributed by atoms with E-state index >= 15 is 0 Å². The molecule has 0 aliphatic carbocycles. The summed E-state index contributed by atoms with van der Waals surface area (Å²) in [7, 11) is 0. The Bertz CT molecular complexity index is 725. The van der Waals surface area contributed by atoms with E-state index in [1.807, 2.05) is 19.9 Å². The fourth-order valence-electron chi connectivity index (χ4n) is 2.08. The van der Waals surface area contributed by atoms with Gasteiger partial charge in [-0.1, -0.05) is 0 Å². The van der Waals surface area contributed by atoms with Crippen molar-refractivity contribution in [2.75, 3.05) is 6.54 Å². The number of hydrogen-bond donors (Lipinski definition) is 2. The summed E-state index contributed by atoms with van der Waals surface area (Å²) in [5.74, 6) is -2.09. The molecule has 1 aromatic heterocycles. The van der Waals surface area contributed by atoms with E-state index in [1.54, 1.807) is 0 Å². The number of carbonyl (C=O) groups is 2. The minimum absolute atomic E-state index is 0.00496. The second-order valence-electron chi connectivity index (χ2n) is 4.90. The van der Waals surface area contributed by atoms with Crippen molar-refractivity contribution in [2.45, 2.75) is 20.3 Å². The van der Waals surface area contributed by atoms with Crippen LogP contribution in [0.25, 0.3) is 5.69 Å². The maximum atomic E-state index is 14.2. The lowest BCUT2D eigenvalue weighted by Crippen LogP contribution is -2.26. The summed E-state index contributed by atoms with van der Waals surface area (Å²) in [5, 5.41) is 15.1. The first-order chi connectivity index (χ1) is 10.4. The summed E-state index contributed by atoms with van der Waals surface area (Å²) < 4.78 is 15.7. The molecule has 0 aliphatic rings. The first-order valence-electron chi connectivity index (χ1n) is 6.71. The van der Waals surface area contributed by atoms with Crippen molar-refractivity contribution in [2.24, 2.45) is 0 Å². The van der Waals surface area contributed by atoms with E-state index in [9.17, 15) is 14.0 Å². The minimum Gasteiger partial charge on any atom is -0.481 e. The molecular weight excluding hydrogens is 289 g/mol. The van der Waals surface area contributed by atoms with Crippen molar-refractivity contribution >= 4 is 11.9 Å². The number of carbonyl (C=O) groups excluding carboxylic acids is 1. The van der Waals surface area contributed by atoms with Crippen LogP contribution < -0.4 is 5.32 Å². The van der Waals surface area contributed by atoms with Crippen LogP contribution in [-0.4, -0.2) is 33.3 Å². The Morgan fingerprint density at radius 2 is 2.05 bits per heavy atom. The number of benzene rings is 1. The monoisotopic (exact) mass is 305 g/mol. The molecule has 0 atom stereocenters. The maximum Gasteiger partial charge on any atom is 0.305 e. The molecule has 2 N–H and O–H groups in total. The highest BCUT2D eigenvalue weighted by molar-refractivity contribution is 5.94. The second-order valence-corrected chi connectivity index (χ2v) is 4.90. The molecule has 2 rings (SSSR count). The SMILES string of the molecule is Cc1cc(C)n(-c2ccc(C(=O)NCCC(=O)O)cc2F)n1. The molecule has 1 aromatic carbocycles. The Balaban J connectivity index is 2.17. The Hall–Kier alpha value is -2.70. The lowest BCUT2D eigenvalue weighted by atomic mass is 10.2. The van der Waals surface area contributed by atoms with Gasteiger partial charge in [0, 0.05) is 17.8 Å². The first-order valence-corrected chi connectivity index (χ1v) is 6.71. The van der Waals surface area contributed by atoms with Crippen LogP contribution in [0.2, 0.25) is 0 Å². The van der Waals surface area contributed by atoms with E-state index in [2.05, 4.69) is 10.4 Å². The van der Waals surface area contributed by atoms with Gasteiger partial charge in [0.05, 0.1) is 12.1 Å². The third kappa shape index (κ3) is 3.49. The van der Waals surface area contributed by atoms with Gasteiger partial charge in [-0.2, -0.15) is 5.10 Å². The van der Waals surface area contributed by atoms with Gasteiger partial charge in [-0.3, -0.25) is 9.59 Å². The number of halogens is 1. The predicted octanol–water partition coefficient (Wildman–Crippen LogP) is 1.83. The van der Waals surface area contributed by atoms with Gasteiger partial charge in [0.15, 0.2) is 0 Å². The summed E-state index contributed by atoms with van der Waals surface area (Å²) in [6.07, 6.45) is -0.182. The highest BCUT2D eigenvalue weighted by Gasteiger charge is 2.13. The molecule has 0 aliphatic heterocycles. The second kappa shape index (κ2) is 6.38. The van der Waals surface area contributed by atoms with Gasteiger partial charge in [0.25, 0.3) is 5.91 Å². The molecule has 0 unspecified atom stereocenters. The van der Waals surface area contributed by atoms with Crippen molar-refractivity contribution in [3.63, 3.8) is 0 Å². The molecule has 1 heterocycles. The lowest BCUT2D eigenvalue weighted by molar-refractivity contribution is -0.136. The first kappa shape index (κ1) is 15.7. The number of carboxylic acid groups (broad SMARTS) is 1. The van der Waals surface area contributed by atoms with Crippen LogP contribution in [0.15, 0.2) is 24.3 Å². The van der Waals surface area contributed by atoms with Gasteiger partial charge in [-0.05, 0) is 38.1 Å². The number of aromatic nitrogens is 2. The number of amides is 1. The van der Waals surface area contributed by atoms with E-state index in [4.69, 9.17) is 5.11 Å². The molecule has 2 aromatic rings. The molecule has 0 fully saturated rings. The van der Waals surface area contributed by atoms with Gasteiger partial charge in [-0.15, -0.1) is 0 Å². The highest BCUT2D eigenvalue weighted by Crippen LogP contribution is 2.17. The fraction of sp³-hybridized carbons (Fsp3) is 0.267. The van der Waals surface area contributed by atoms with Gasteiger partial charge in [0.2, 0.25) is 0 Å². The Morgan fingerprint density at radius 1 is 1.32 bits per heavy atom. The van der Waals surface area contributed by atoms with E-state index in [-0.39, 0.29) is 24.2 Å². The van der Waals surface area contributed by atoms with Crippen molar-refractivity contribution in [3.8, 4) is 5.69 Å². The molecule has 116 valence electrons. The van der Waals surface area contributed by atoms with Gasteiger partial charge in [0.1, 0.15) is 11.5 Å². The Labute approximate surface area is 126 Å². The van der Waals surface area contributed by atoms with Gasteiger partial charge in [-0.25, -0.2) is 9.07 Å². The van der Waals surface area contributed by atoms with E-state index in [1.165, 1.54) is 16.8 Å². The number of nitrogens with one attached hydrogen (secondary N) is 1. The molecule has 1 amide bonds. The third-order valence-electron chi connectivity index (χ3n) is 3.07. The van der Waals surface area contributed by atoms with Crippen molar-refractivity contribution in [1.82, 2.24) is 15.1 Å². The van der Waals surface area contributed by atoms with Crippen molar-refractivity contribution in [1.29, 1.82) is 0 Å². The number of aryl methyl sites for hydroxylation is 2. The van der Waals surface area contributed by atoms with E-state index in [0.717, 1.165) is 17.5 Å². The molecule has 6 nitrogen and oxygen atoms in total. The molecule has 0 radical (unpaired) electrons. The van der Waals surface area contributed by atoms with Crippen LogP contribution in [0.4, 0.5) is 4.39 Å². The third-order valence-corrected chi connectivity index (χ3v) is 3.07. The fourth-order valence-corrected chi connectivity index (χ4v) is 2.08. The molecule has 0 bridgehead atoms. The average Bonchev–Trinajstić information content (AvgIpc) is 2.77. The predicted molar refractivity (Wildman–Crippen MR) is 77.6 cm³/mol. The summed E-state index contributed by atoms with van der Waals surface area (Å²) in [5.41, 5.74) is 1.95. The quantitative estimate of drug-likeness (QED) is 0.882. The number of rotatable bonds is 5. The zero-order valence-corrected chi connectivity index (χ0v) is 12.3. The number of carboxylic acids is 1. The number of hydrogen-bond acceptors (Lipinski definition) is 3. The zero-order chi connectivity index (χ0) is 16.3. The van der Waals surface area contributed by atoms with E-state index in [0.29, 0.717) is 0 Å². The standard InChI is InChI=1S/C15H16FN3O3/c1-9-7-10(2)19(18-9)13-4-3-11(8-12(13)16)15(22)17-6-5-14(20)21/h3-4,7-8H,5-6H2,1-2H3,(H,17,22)(H,20,21). The van der Waals surface area contributed by atoms with Crippen LogP contribution in [-0.2, 0) is 4.79 Å². The Kier molecular flexibility index (Phi) is 4.55. The molecule has 0 saturated heterocycles. The smallest absolute Gasteiger partial charge is 0.305 e. The van der Waals surface area contributed by atoms with Crippen LogP contribution in [0, 0.1) is 19.7 Å². The number of aliphatic carboxylic acids is 1. The van der Waals surface area contributed by atoms with Crippen molar-refractivity contribution in [3.05, 3.63) is 47.0 Å². The van der Waals surface area contributed by atoms with Gasteiger partial charge < -0.3 is 10.4 Å². The van der Waals surface area contributed by atoms with Crippen molar-refractivity contribution < 1.29 is 19.1 Å². The summed E-state index contributed by atoms with van der Waals surface area (Å²) in [6, 6.07) is 5.89. The van der Waals surface area contributed by atoms with Crippen LogP contribution in [0.5, 0.6) is 0 Å². The van der Waals surface area contributed by atoms with E-state index < -0.39 is 17.7 Å².